The molecule has 0 amide bonds. The van der Waals surface area contributed by atoms with Crippen LogP contribution in [0.1, 0.15) is 89.7 Å². The number of aliphatic carboxylic acids is 1. The van der Waals surface area contributed by atoms with E-state index in [2.05, 4.69) is 57.2 Å². The number of unbranched alkanes of at least 4 members (excludes halogenated alkanes) is 2. The third-order valence-electron chi connectivity index (χ3n) is 7.93. The minimum absolute atomic E-state index is 0.162. The van der Waals surface area contributed by atoms with E-state index in [4.69, 9.17) is 0 Å². The first-order chi connectivity index (χ1) is 15.0. The van der Waals surface area contributed by atoms with E-state index in [0.29, 0.717) is 11.8 Å². The molecule has 170 valence electrons. The molecule has 2 nitrogen and oxygen atoms in total. The van der Waals surface area contributed by atoms with Gasteiger partial charge in [-0.15, -0.1) is 0 Å². The third-order valence-corrected chi connectivity index (χ3v) is 7.93. The van der Waals surface area contributed by atoms with Crippen LogP contribution in [0.2, 0.25) is 0 Å². The number of benzene rings is 1. The van der Waals surface area contributed by atoms with E-state index >= 15 is 0 Å². The lowest BCUT2D eigenvalue weighted by molar-refractivity contribution is -0.138. The van der Waals surface area contributed by atoms with E-state index in [9.17, 15) is 9.90 Å². The fourth-order valence-electron chi connectivity index (χ4n) is 5.73. The first-order valence-electron chi connectivity index (χ1n) is 12.7. The Morgan fingerprint density at radius 1 is 1.06 bits per heavy atom. The number of allylic oxidation sites excluding steroid dienone is 2. The van der Waals surface area contributed by atoms with Crippen LogP contribution in [-0.2, 0) is 16.6 Å². The molecule has 1 N–H and O–H groups in total. The monoisotopic (exact) mass is 422 g/mol. The van der Waals surface area contributed by atoms with Gasteiger partial charge in [-0.3, -0.25) is 4.79 Å². The van der Waals surface area contributed by atoms with Crippen LogP contribution in [0.3, 0.4) is 0 Å². The maximum atomic E-state index is 11.6. The summed E-state index contributed by atoms with van der Waals surface area (Å²) in [6.07, 6.45) is 21.2. The van der Waals surface area contributed by atoms with Crippen LogP contribution in [0, 0.1) is 23.7 Å². The number of carboxylic acid groups (broad SMARTS) is 1. The summed E-state index contributed by atoms with van der Waals surface area (Å²) in [5, 5.41) is 9.53. The number of hydrogen-bond acceptors (Lipinski definition) is 1. The predicted molar refractivity (Wildman–Crippen MR) is 130 cm³/mol. The third kappa shape index (κ3) is 5.70. The van der Waals surface area contributed by atoms with Crippen LogP contribution >= 0.6 is 0 Å². The summed E-state index contributed by atoms with van der Waals surface area (Å²) in [6, 6.07) is 8.93. The van der Waals surface area contributed by atoms with Gasteiger partial charge in [0.15, 0.2) is 0 Å². The van der Waals surface area contributed by atoms with Gasteiger partial charge >= 0.3 is 5.97 Å². The van der Waals surface area contributed by atoms with Crippen LogP contribution in [-0.4, -0.2) is 11.1 Å². The van der Waals surface area contributed by atoms with Crippen molar-refractivity contribution in [2.45, 2.75) is 90.4 Å². The molecule has 1 aromatic carbocycles. The first kappa shape index (κ1) is 23.8. The average Bonchev–Trinajstić information content (AvgIpc) is 2.80. The van der Waals surface area contributed by atoms with E-state index in [1.165, 1.54) is 68.9 Å². The van der Waals surface area contributed by atoms with Gasteiger partial charge in [0.05, 0.1) is 5.92 Å². The molecule has 31 heavy (non-hydrogen) atoms. The summed E-state index contributed by atoms with van der Waals surface area (Å²) >= 11 is 0. The largest absolute Gasteiger partial charge is 0.481 e. The molecule has 0 aromatic heterocycles. The molecule has 1 saturated carbocycles. The number of rotatable bonds is 10. The van der Waals surface area contributed by atoms with Gasteiger partial charge in [-0.25, -0.2) is 0 Å². The number of carbonyl (C=O) groups is 1. The second-order valence-electron chi connectivity index (χ2n) is 10.1. The molecule has 2 aliphatic rings. The molecular weight excluding hydrogens is 380 g/mol. The Hall–Kier alpha value is -1.83. The van der Waals surface area contributed by atoms with Gasteiger partial charge in [0.25, 0.3) is 0 Å². The zero-order chi connectivity index (χ0) is 22.3. The Bertz CT molecular complexity index is 753. The first-order valence-corrected chi connectivity index (χ1v) is 12.7. The lowest BCUT2D eigenvalue weighted by Crippen LogP contribution is -2.37. The highest BCUT2D eigenvalue weighted by Gasteiger charge is 2.41. The molecule has 3 rings (SSSR count). The standard InChI is InChI=1S/C29H42O2/c1-4-6-7-10-23-13-15-26(16-14-23)29(19-17-24(18-20-29)28(30)31)27-12-9-8-11-25(27)21-22(3)5-2/h8-9,11-12,17-20,22-24,26H,4-7,10,13-16,21H2,1-3H3,(H,30,31)/t22-,23?,24?,26?,29?/m0/s1. The van der Waals surface area contributed by atoms with Crippen molar-refractivity contribution < 1.29 is 9.90 Å². The van der Waals surface area contributed by atoms with Crippen molar-refractivity contribution in [2.75, 3.05) is 0 Å². The second kappa shape index (κ2) is 11.2. The molecule has 1 fully saturated rings. The molecule has 0 radical (unpaired) electrons. The second-order valence-corrected chi connectivity index (χ2v) is 10.1. The van der Waals surface area contributed by atoms with E-state index in [1.807, 2.05) is 12.2 Å². The minimum Gasteiger partial charge on any atom is -0.481 e. The van der Waals surface area contributed by atoms with Crippen molar-refractivity contribution in [1.29, 1.82) is 0 Å². The Morgan fingerprint density at radius 3 is 2.35 bits per heavy atom. The van der Waals surface area contributed by atoms with Gasteiger partial charge < -0.3 is 5.11 Å². The smallest absolute Gasteiger partial charge is 0.314 e. The van der Waals surface area contributed by atoms with Gasteiger partial charge in [-0.05, 0) is 48.1 Å². The van der Waals surface area contributed by atoms with Crippen molar-refractivity contribution >= 4 is 5.97 Å². The van der Waals surface area contributed by atoms with Crippen LogP contribution in [0.25, 0.3) is 0 Å². The van der Waals surface area contributed by atoms with Gasteiger partial charge in [0.1, 0.15) is 0 Å². The molecule has 0 saturated heterocycles. The molecule has 0 bridgehead atoms. The molecular formula is C29H42O2. The van der Waals surface area contributed by atoms with Gasteiger partial charge in [0.2, 0.25) is 0 Å². The van der Waals surface area contributed by atoms with E-state index in [-0.39, 0.29) is 5.41 Å². The van der Waals surface area contributed by atoms with E-state index in [0.717, 1.165) is 12.3 Å². The van der Waals surface area contributed by atoms with E-state index in [1.54, 1.807) is 0 Å². The zero-order valence-corrected chi connectivity index (χ0v) is 19.9. The quantitative estimate of drug-likeness (QED) is 0.309. The van der Waals surface area contributed by atoms with Crippen LogP contribution in [0.15, 0.2) is 48.6 Å². The molecule has 0 aliphatic heterocycles. The van der Waals surface area contributed by atoms with Gasteiger partial charge in [-0.2, -0.15) is 0 Å². The van der Waals surface area contributed by atoms with Gasteiger partial charge in [0, 0.05) is 5.41 Å². The molecule has 0 spiro atoms. The Kier molecular flexibility index (Phi) is 8.58. The highest BCUT2D eigenvalue weighted by Crippen LogP contribution is 2.48. The maximum Gasteiger partial charge on any atom is 0.314 e. The fourth-order valence-corrected chi connectivity index (χ4v) is 5.73. The lowest BCUT2D eigenvalue weighted by Gasteiger charge is -2.43. The fraction of sp³-hybridized carbons (Fsp3) is 0.621. The van der Waals surface area contributed by atoms with Crippen LogP contribution in [0.4, 0.5) is 0 Å². The average molecular weight is 423 g/mol. The van der Waals surface area contributed by atoms with Crippen molar-refractivity contribution in [1.82, 2.24) is 0 Å². The summed E-state index contributed by atoms with van der Waals surface area (Å²) in [6.45, 7) is 6.88. The lowest BCUT2D eigenvalue weighted by atomic mass is 9.60. The maximum absolute atomic E-state index is 11.6. The molecule has 0 unspecified atom stereocenters. The topological polar surface area (TPSA) is 37.3 Å². The SMILES string of the molecule is CCCCCC1CCC(C2(c3ccccc3C[C@@H](C)CC)C=CC(C(=O)O)C=C2)CC1. The summed E-state index contributed by atoms with van der Waals surface area (Å²) in [7, 11) is 0. The van der Waals surface area contributed by atoms with Crippen molar-refractivity contribution in [3.05, 3.63) is 59.7 Å². The summed E-state index contributed by atoms with van der Waals surface area (Å²) in [4.78, 5) is 11.6. The molecule has 2 aliphatic carbocycles. The predicted octanol–water partition coefficient (Wildman–Crippen LogP) is 7.73. The highest BCUT2D eigenvalue weighted by atomic mass is 16.4. The Balaban J connectivity index is 1.88. The molecule has 0 heterocycles. The van der Waals surface area contributed by atoms with Crippen LogP contribution < -0.4 is 0 Å². The molecule has 1 atom stereocenters. The normalized spacial score (nSPS) is 29.1. The Morgan fingerprint density at radius 2 is 1.74 bits per heavy atom. The molecule has 1 aromatic rings. The molecule has 2 heteroatoms. The number of hydrogen-bond donors (Lipinski definition) is 1. The summed E-state index contributed by atoms with van der Waals surface area (Å²) < 4.78 is 0. The number of carboxylic acids is 1. The summed E-state index contributed by atoms with van der Waals surface area (Å²) in [5.41, 5.74) is 2.68. The minimum atomic E-state index is -0.756. The zero-order valence-electron chi connectivity index (χ0n) is 19.9. The van der Waals surface area contributed by atoms with Gasteiger partial charge in [-0.1, -0.05) is 114 Å². The highest BCUT2D eigenvalue weighted by molar-refractivity contribution is 5.75. The van der Waals surface area contributed by atoms with Crippen molar-refractivity contribution in [3.8, 4) is 0 Å². The van der Waals surface area contributed by atoms with Crippen molar-refractivity contribution in [3.63, 3.8) is 0 Å². The Labute approximate surface area is 189 Å². The van der Waals surface area contributed by atoms with Crippen molar-refractivity contribution in [2.24, 2.45) is 23.7 Å². The van der Waals surface area contributed by atoms with E-state index < -0.39 is 11.9 Å². The summed E-state index contributed by atoms with van der Waals surface area (Å²) in [5.74, 6) is 0.818. The van der Waals surface area contributed by atoms with Crippen LogP contribution in [0.5, 0.6) is 0 Å².